The number of hydrogen-bond donors (Lipinski definition) is 1. The van der Waals surface area contributed by atoms with Gasteiger partial charge in [-0.2, -0.15) is 0 Å². The van der Waals surface area contributed by atoms with Gasteiger partial charge in [0.05, 0.1) is 0 Å². The van der Waals surface area contributed by atoms with Crippen molar-refractivity contribution in [2.45, 2.75) is 55.7 Å². The van der Waals surface area contributed by atoms with E-state index in [-0.39, 0.29) is 0 Å². The molecule has 1 saturated carbocycles. The van der Waals surface area contributed by atoms with Crippen molar-refractivity contribution in [2.24, 2.45) is 11.7 Å². The number of benzene rings is 1. The number of nitrogens with two attached hydrogens (primary N) is 1. The summed E-state index contributed by atoms with van der Waals surface area (Å²) in [6.07, 6.45) is 5.11. The van der Waals surface area contributed by atoms with E-state index in [1.165, 1.54) is 36.1 Å². The van der Waals surface area contributed by atoms with Crippen LogP contribution < -0.4 is 5.73 Å². The van der Waals surface area contributed by atoms with Gasteiger partial charge in [0.25, 0.3) is 0 Å². The second-order valence-electron chi connectivity index (χ2n) is 5.22. The smallest absolute Gasteiger partial charge is 0.0248 e. The van der Waals surface area contributed by atoms with Crippen LogP contribution in [0.5, 0.6) is 0 Å². The van der Waals surface area contributed by atoms with E-state index >= 15 is 0 Å². The monoisotopic (exact) mass is 249 g/mol. The Kier molecular flexibility index (Phi) is 4.52. The highest BCUT2D eigenvalue weighted by molar-refractivity contribution is 8.00. The first-order valence-corrected chi connectivity index (χ1v) is 7.56. The summed E-state index contributed by atoms with van der Waals surface area (Å²) in [4.78, 5) is 1.37. The van der Waals surface area contributed by atoms with Crippen molar-refractivity contribution in [1.82, 2.24) is 0 Å². The van der Waals surface area contributed by atoms with Crippen LogP contribution >= 0.6 is 11.8 Å². The Bertz CT molecular complexity index is 346. The number of hydrogen-bond acceptors (Lipinski definition) is 2. The van der Waals surface area contributed by atoms with Crippen LogP contribution in [0, 0.1) is 12.8 Å². The minimum atomic E-state index is 0.379. The summed E-state index contributed by atoms with van der Waals surface area (Å²) in [5.41, 5.74) is 7.58. The van der Waals surface area contributed by atoms with Gasteiger partial charge in [0.1, 0.15) is 0 Å². The van der Waals surface area contributed by atoms with Crippen LogP contribution in [0.2, 0.25) is 0 Å². The van der Waals surface area contributed by atoms with Gasteiger partial charge in [-0.05, 0) is 44.2 Å². The van der Waals surface area contributed by atoms with Crippen molar-refractivity contribution < 1.29 is 0 Å². The van der Waals surface area contributed by atoms with Crippen LogP contribution in [0.4, 0.5) is 0 Å². The van der Waals surface area contributed by atoms with Gasteiger partial charge in [0.15, 0.2) is 0 Å². The van der Waals surface area contributed by atoms with E-state index in [1.54, 1.807) is 0 Å². The topological polar surface area (TPSA) is 26.0 Å². The predicted octanol–water partition coefficient (Wildman–Crippen LogP) is 3.99. The number of thioether (sulfide) groups is 1. The molecule has 0 aliphatic heterocycles. The molecule has 0 bridgehead atoms. The van der Waals surface area contributed by atoms with E-state index in [9.17, 15) is 0 Å². The van der Waals surface area contributed by atoms with Crippen molar-refractivity contribution in [1.29, 1.82) is 0 Å². The van der Waals surface area contributed by atoms with Gasteiger partial charge in [-0.15, -0.1) is 11.8 Å². The molecule has 0 heterocycles. The average Bonchev–Trinajstić information content (AvgIpc) is 2.35. The first-order valence-electron chi connectivity index (χ1n) is 6.68. The second-order valence-corrected chi connectivity index (χ2v) is 6.53. The Labute approximate surface area is 109 Å². The summed E-state index contributed by atoms with van der Waals surface area (Å²) in [7, 11) is 0. The quantitative estimate of drug-likeness (QED) is 0.876. The van der Waals surface area contributed by atoms with Gasteiger partial charge in [-0.3, -0.25) is 0 Å². The van der Waals surface area contributed by atoms with Gasteiger partial charge < -0.3 is 5.73 Å². The SMILES string of the molecule is CCC1CCC(N)C(Sc2ccc(C)cc2)C1. The van der Waals surface area contributed by atoms with E-state index in [0.29, 0.717) is 11.3 Å². The molecule has 0 radical (unpaired) electrons. The Morgan fingerprint density at radius 3 is 2.59 bits per heavy atom. The van der Waals surface area contributed by atoms with Gasteiger partial charge in [0.2, 0.25) is 0 Å². The molecular formula is C15H23NS. The zero-order valence-corrected chi connectivity index (χ0v) is 11.7. The second kappa shape index (κ2) is 5.92. The fraction of sp³-hybridized carbons (Fsp3) is 0.600. The van der Waals surface area contributed by atoms with Crippen LogP contribution in [-0.4, -0.2) is 11.3 Å². The predicted molar refractivity (Wildman–Crippen MR) is 76.4 cm³/mol. The molecule has 1 aliphatic carbocycles. The molecule has 2 N–H and O–H groups in total. The fourth-order valence-corrected chi connectivity index (χ4v) is 3.86. The third-order valence-corrected chi connectivity index (χ3v) is 5.23. The number of rotatable bonds is 3. The molecule has 3 unspecified atom stereocenters. The maximum absolute atomic E-state index is 6.25. The lowest BCUT2D eigenvalue weighted by atomic mass is 9.84. The van der Waals surface area contributed by atoms with Crippen LogP contribution in [0.1, 0.15) is 38.2 Å². The van der Waals surface area contributed by atoms with Crippen molar-refractivity contribution in [3.8, 4) is 0 Å². The highest BCUT2D eigenvalue weighted by atomic mass is 32.2. The molecule has 0 saturated heterocycles. The van der Waals surface area contributed by atoms with Crippen molar-refractivity contribution >= 4 is 11.8 Å². The first kappa shape index (κ1) is 13.0. The van der Waals surface area contributed by atoms with Gasteiger partial charge in [0, 0.05) is 16.2 Å². The fourth-order valence-electron chi connectivity index (χ4n) is 2.53. The summed E-state index contributed by atoms with van der Waals surface area (Å²) >= 11 is 1.98. The van der Waals surface area contributed by atoms with Crippen molar-refractivity contribution in [3.05, 3.63) is 29.8 Å². The molecule has 0 aromatic heterocycles. The Balaban J connectivity index is 1.98. The summed E-state index contributed by atoms with van der Waals surface area (Å²) in [5, 5.41) is 0.608. The van der Waals surface area contributed by atoms with Gasteiger partial charge >= 0.3 is 0 Å². The molecule has 1 aliphatic rings. The summed E-state index contributed by atoms with van der Waals surface area (Å²) < 4.78 is 0. The zero-order valence-electron chi connectivity index (χ0n) is 10.9. The average molecular weight is 249 g/mol. The Morgan fingerprint density at radius 1 is 1.24 bits per heavy atom. The summed E-state index contributed by atoms with van der Waals surface area (Å²) in [6.45, 7) is 4.43. The molecule has 2 rings (SSSR count). The van der Waals surface area contributed by atoms with Gasteiger partial charge in [-0.25, -0.2) is 0 Å². The third-order valence-electron chi connectivity index (χ3n) is 3.84. The minimum Gasteiger partial charge on any atom is -0.327 e. The molecule has 0 spiro atoms. The molecule has 17 heavy (non-hydrogen) atoms. The van der Waals surface area contributed by atoms with Gasteiger partial charge in [-0.1, -0.05) is 31.0 Å². The lowest BCUT2D eigenvalue weighted by molar-refractivity contribution is 0.327. The highest BCUT2D eigenvalue weighted by Crippen LogP contribution is 2.36. The normalized spacial score (nSPS) is 29.2. The van der Waals surface area contributed by atoms with E-state index in [4.69, 9.17) is 5.73 Å². The van der Waals surface area contributed by atoms with Crippen LogP contribution in [0.3, 0.4) is 0 Å². The molecule has 3 atom stereocenters. The van der Waals surface area contributed by atoms with Crippen LogP contribution in [-0.2, 0) is 0 Å². The largest absolute Gasteiger partial charge is 0.327 e. The van der Waals surface area contributed by atoms with Crippen LogP contribution in [0.25, 0.3) is 0 Å². The maximum atomic E-state index is 6.25. The molecule has 2 heteroatoms. The van der Waals surface area contributed by atoms with E-state index in [1.807, 2.05) is 11.8 Å². The maximum Gasteiger partial charge on any atom is 0.0248 e. The van der Waals surface area contributed by atoms with Crippen molar-refractivity contribution in [2.75, 3.05) is 0 Å². The summed E-state index contributed by atoms with van der Waals surface area (Å²) in [6, 6.07) is 9.20. The molecule has 1 fully saturated rings. The molecule has 1 aromatic carbocycles. The lowest BCUT2D eigenvalue weighted by Gasteiger charge is -2.33. The molecule has 94 valence electrons. The van der Waals surface area contributed by atoms with E-state index < -0.39 is 0 Å². The molecule has 1 nitrogen and oxygen atoms in total. The third kappa shape index (κ3) is 3.49. The standard InChI is InChI=1S/C15H23NS/c1-3-12-6-9-14(16)15(10-12)17-13-7-4-11(2)5-8-13/h4-5,7-8,12,14-15H,3,6,9-10,16H2,1-2H3. The molecular weight excluding hydrogens is 226 g/mol. The van der Waals surface area contributed by atoms with Crippen LogP contribution in [0.15, 0.2) is 29.2 Å². The lowest BCUT2D eigenvalue weighted by Crippen LogP contribution is -2.38. The first-order chi connectivity index (χ1) is 8.19. The minimum absolute atomic E-state index is 0.379. The zero-order chi connectivity index (χ0) is 12.3. The summed E-state index contributed by atoms with van der Waals surface area (Å²) in [5.74, 6) is 0.887. The molecule has 0 amide bonds. The number of aryl methyl sites for hydroxylation is 1. The Morgan fingerprint density at radius 2 is 1.94 bits per heavy atom. The highest BCUT2D eigenvalue weighted by Gasteiger charge is 2.27. The van der Waals surface area contributed by atoms with Crippen molar-refractivity contribution in [3.63, 3.8) is 0 Å². The molecule has 1 aromatic rings. The van der Waals surface area contributed by atoms with E-state index in [0.717, 1.165) is 5.92 Å². The van der Waals surface area contributed by atoms with E-state index in [2.05, 4.69) is 38.1 Å². The Hall–Kier alpha value is -0.470.